The zero-order valence-electron chi connectivity index (χ0n) is 9.65. The van der Waals surface area contributed by atoms with Crippen molar-refractivity contribution in [2.75, 3.05) is 11.1 Å². The van der Waals surface area contributed by atoms with Crippen LogP contribution < -0.4 is 11.1 Å². The normalized spacial score (nSPS) is 10.2. The Bertz CT molecular complexity index is 647. The van der Waals surface area contributed by atoms with E-state index in [1.54, 1.807) is 6.07 Å². The zero-order valence-corrected chi connectivity index (χ0v) is 10.4. The molecule has 0 saturated carbocycles. The summed E-state index contributed by atoms with van der Waals surface area (Å²) in [5.41, 5.74) is 6.26. The van der Waals surface area contributed by atoms with Crippen LogP contribution in [0.25, 0.3) is 0 Å². The number of benzene rings is 2. The first-order valence-corrected chi connectivity index (χ1v) is 5.70. The minimum absolute atomic E-state index is 0.0422. The van der Waals surface area contributed by atoms with Crippen LogP contribution in [-0.4, -0.2) is 11.1 Å². The van der Waals surface area contributed by atoms with Gasteiger partial charge < -0.3 is 16.2 Å². The summed E-state index contributed by atoms with van der Waals surface area (Å²) in [6, 6.07) is 8.51. The topological polar surface area (TPSA) is 75.3 Å². The maximum Gasteiger partial charge on any atom is 0.337 e. The number of anilines is 3. The Kier molecular flexibility index (Phi) is 3.57. The molecule has 0 spiro atoms. The van der Waals surface area contributed by atoms with E-state index in [1.165, 1.54) is 30.3 Å². The van der Waals surface area contributed by atoms with E-state index in [1.807, 2.05) is 0 Å². The SMILES string of the molecule is Nc1ccc(Nc2ccc(Cl)cc2F)cc1C(=O)O. The van der Waals surface area contributed by atoms with E-state index in [-0.39, 0.29) is 22.0 Å². The first-order chi connectivity index (χ1) is 8.97. The number of rotatable bonds is 3. The highest BCUT2D eigenvalue weighted by Gasteiger charge is 2.10. The summed E-state index contributed by atoms with van der Waals surface area (Å²) in [7, 11) is 0. The smallest absolute Gasteiger partial charge is 0.337 e. The number of nitrogens with one attached hydrogen (secondary N) is 1. The molecular formula is C13H10ClFN2O2. The molecule has 4 N–H and O–H groups in total. The van der Waals surface area contributed by atoms with Gasteiger partial charge in [-0.25, -0.2) is 9.18 Å². The van der Waals surface area contributed by atoms with Crippen molar-refractivity contribution < 1.29 is 14.3 Å². The molecule has 2 aromatic rings. The van der Waals surface area contributed by atoms with Crippen LogP contribution in [0.2, 0.25) is 5.02 Å². The first-order valence-electron chi connectivity index (χ1n) is 5.32. The molecule has 19 heavy (non-hydrogen) atoms. The minimum atomic E-state index is -1.14. The average molecular weight is 281 g/mol. The van der Waals surface area contributed by atoms with Gasteiger partial charge in [-0.1, -0.05) is 11.6 Å². The van der Waals surface area contributed by atoms with E-state index >= 15 is 0 Å². The number of aromatic carboxylic acids is 1. The van der Waals surface area contributed by atoms with Crippen molar-refractivity contribution in [3.63, 3.8) is 0 Å². The highest BCUT2D eigenvalue weighted by molar-refractivity contribution is 6.30. The predicted octanol–water partition coefficient (Wildman–Crippen LogP) is 3.50. The molecule has 4 nitrogen and oxygen atoms in total. The lowest BCUT2D eigenvalue weighted by Crippen LogP contribution is -2.03. The molecule has 0 amide bonds. The van der Waals surface area contributed by atoms with Crippen molar-refractivity contribution in [2.24, 2.45) is 0 Å². The Morgan fingerprint density at radius 1 is 1.26 bits per heavy atom. The molecule has 0 aliphatic rings. The summed E-state index contributed by atoms with van der Waals surface area (Å²) in [4.78, 5) is 10.9. The Morgan fingerprint density at radius 2 is 2.00 bits per heavy atom. The van der Waals surface area contributed by atoms with Gasteiger partial charge in [0.1, 0.15) is 5.82 Å². The molecule has 6 heteroatoms. The van der Waals surface area contributed by atoms with Gasteiger partial charge in [0.05, 0.1) is 11.3 Å². The molecule has 98 valence electrons. The molecule has 2 rings (SSSR count). The number of carboxylic acids is 1. The number of carbonyl (C=O) groups is 1. The van der Waals surface area contributed by atoms with Crippen molar-refractivity contribution in [3.8, 4) is 0 Å². The first kappa shape index (κ1) is 13.2. The second-order valence-corrected chi connectivity index (χ2v) is 4.29. The number of halogens is 2. The molecule has 2 aromatic carbocycles. The van der Waals surface area contributed by atoms with Gasteiger partial charge in [0.2, 0.25) is 0 Å². The third-order valence-corrected chi connectivity index (χ3v) is 2.73. The van der Waals surface area contributed by atoms with Crippen LogP contribution in [0, 0.1) is 5.82 Å². The van der Waals surface area contributed by atoms with Crippen LogP contribution in [0.15, 0.2) is 36.4 Å². The van der Waals surface area contributed by atoms with E-state index < -0.39 is 11.8 Å². The zero-order chi connectivity index (χ0) is 14.0. The lowest BCUT2D eigenvalue weighted by molar-refractivity contribution is 0.0698. The van der Waals surface area contributed by atoms with Gasteiger partial charge in [-0.05, 0) is 36.4 Å². The minimum Gasteiger partial charge on any atom is -0.478 e. The quantitative estimate of drug-likeness (QED) is 0.752. The van der Waals surface area contributed by atoms with Gasteiger partial charge in [0, 0.05) is 16.4 Å². The van der Waals surface area contributed by atoms with E-state index in [0.29, 0.717) is 5.69 Å². The maximum absolute atomic E-state index is 13.6. The fourth-order valence-electron chi connectivity index (χ4n) is 1.57. The molecule has 0 unspecified atom stereocenters. The van der Waals surface area contributed by atoms with Gasteiger partial charge in [-0.2, -0.15) is 0 Å². The van der Waals surface area contributed by atoms with Crippen molar-refractivity contribution >= 4 is 34.6 Å². The lowest BCUT2D eigenvalue weighted by Gasteiger charge is -2.09. The largest absolute Gasteiger partial charge is 0.478 e. The van der Waals surface area contributed by atoms with Gasteiger partial charge in [-0.3, -0.25) is 0 Å². The number of hydrogen-bond donors (Lipinski definition) is 3. The summed E-state index contributed by atoms with van der Waals surface area (Å²) in [6.07, 6.45) is 0. The van der Waals surface area contributed by atoms with E-state index in [0.717, 1.165) is 0 Å². The molecule has 0 fully saturated rings. The Labute approximate surface area is 113 Å². The summed E-state index contributed by atoms with van der Waals surface area (Å²) in [6.45, 7) is 0. The second-order valence-electron chi connectivity index (χ2n) is 3.86. The monoisotopic (exact) mass is 280 g/mol. The molecule has 0 radical (unpaired) electrons. The molecule has 0 bridgehead atoms. The Hall–Kier alpha value is -2.27. The van der Waals surface area contributed by atoms with Crippen LogP contribution in [-0.2, 0) is 0 Å². The molecule has 0 heterocycles. The predicted molar refractivity (Wildman–Crippen MR) is 72.5 cm³/mol. The summed E-state index contributed by atoms with van der Waals surface area (Å²) >= 11 is 5.65. The third-order valence-electron chi connectivity index (χ3n) is 2.49. The van der Waals surface area contributed by atoms with Crippen molar-refractivity contribution in [1.82, 2.24) is 0 Å². The molecule has 0 aromatic heterocycles. The molecule has 0 aliphatic heterocycles. The standard InChI is InChI=1S/C13H10ClFN2O2/c14-7-1-4-12(10(15)5-7)17-8-2-3-11(16)9(6-8)13(18)19/h1-6,17H,16H2,(H,18,19). The number of hydrogen-bond acceptors (Lipinski definition) is 3. The second kappa shape index (κ2) is 5.16. The highest BCUT2D eigenvalue weighted by Crippen LogP contribution is 2.25. The Balaban J connectivity index is 2.33. The summed E-state index contributed by atoms with van der Waals surface area (Å²) in [5, 5.41) is 12.0. The molecule has 0 atom stereocenters. The molecule has 0 saturated heterocycles. The van der Waals surface area contributed by atoms with Gasteiger partial charge in [-0.15, -0.1) is 0 Å². The van der Waals surface area contributed by atoms with Crippen LogP contribution in [0.1, 0.15) is 10.4 Å². The fraction of sp³-hybridized carbons (Fsp3) is 0. The van der Waals surface area contributed by atoms with Crippen LogP contribution in [0.4, 0.5) is 21.5 Å². The van der Waals surface area contributed by atoms with Crippen molar-refractivity contribution in [1.29, 1.82) is 0 Å². The lowest BCUT2D eigenvalue weighted by atomic mass is 10.1. The summed E-state index contributed by atoms with van der Waals surface area (Å²) in [5.74, 6) is -1.67. The number of nitrogen functional groups attached to an aromatic ring is 1. The fourth-order valence-corrected chi connectivity index (χ4v) is 1.72. The van der Waals surface area contributed by atoms with Gasteiger partial charge in [0.25, 0.3) is 0 Å². The van der Waals surface area contributed by atoms with Crippen LogP contribution >= 0.6 is 11.6 Å². The summed E-state index contributed by atoms with van der Waals surface area (Å²) < 4.78 is 13.6. The Morgan fingerprint density at radius 3 is 2.63 bits per heavy atom. The van der Waals surface area contributed by atoms with Gasteiger partial charge in [0.15, 0.2) is 0 Å². The maximum atomic E-state index is 13.6. The van der Waals surface area contributed by atoms with Crippen molar-refractivity contribution in [2.45, 2.75) is 0 Å². The molecular weight excluding hydrogens is 271 g/mol. The molecule has 0 aliphatic carbocycles. The van der Waals surface area contributed by atoms with E-state index in [2.05, 4.69) is 5.32 Å². The van der Waals surface area contributed by atoms with Gasteiger partial charge >= 0.3 is 5.97 Å². The highest BCUT2D eigenvalue weighted by atomic mass is 35.5. The van der Waals surface area contributed by atoms with Crippen LogP contribution in [0.3, 0.4) is 0 Å². The van der Waals surface area contributed by atoms with E-state index in [9.17, 15) is 9.18 Å². The van der Waals surface area contributed by atoms with Crippen LogP contribution in [0.5, 0.6) is 0 Å². The van der Waals surface area contributed by atoms with E-state index in [4.69, 9.17) is 22.4 Å². The number of carboxylic acid groups (broad SMARTS) is 1. The van der Waals surface area contributed by atoms with Crippen molar-refractivity contribution in [3.05, 3.63) is 52.8 Å². The average Bonchev–Trinajstić information content (AvgIpc) is 2.34. The third kappa shape index (κ3) is 2.95. The number of nitrogens with two attached hydrogens (primary N) is 1.